The average molecular weight is 779 g/mol. The Morgan fingerprint density at radius 3 is 1.89 bits per heavy atom. The molecule has 0 spiro atoms. The van der Waals surface area contributed by atoms with Crippen LogP contribution in [0.4, 0.5) is 23.7 Å². The second-order valence-electron chi connectivity index (χ2n) is 12.0. The SMILES string of the molecule is CCOC(=O)C(OC(=O)OCc1ccc(NC(=O)c2ccc(OC(C)=O)cc2-c2ccc(C(F)(F)F)cc2)c(C(=O)N(C)C)c1)(C(=O)OCC)c1ccccc1. The predicted octanol–water partition coefficient (Wildman–Crippen LogP) is 6.93. The molecule has 0 unspecified atom stereocenters. The van der Waals surface area contributed by atoms with Gasteiger partial charge < -0.3 is 33.9 Å². The first-order valence-corrected chi connectivity index (χ1v) is 16.9. The fourth-order valence-electron chi connectivity index (χ4n) is 5.32. The third kappa shape index (κ3) is 9.88. The molecule has 13 nitrogen and oxygen atoms in total. The van der Waals surface area contributed by atoms with Crippen LogP contribution in [0.1, 0.15) is 58.2 Å². The standard InChI is InChI=1S/C40H37F3N2O11/c1-6-52-36(49)39(37(50)53-7-2,27-11-9-8-10-12-27)56-38(51)54-23-25-13-20-33(32(21-25)35(48)45(4)5)44-34(47)30-19-18-29(55-24(3)46)22-31(30)26-14-16-28(17-15-26)40(41,42)43/h8-22H,6-7,23H2,1-5H3,(H,44,47). The maximum Gasteiger partial charge on any atom is 0.510 e. The Bertz CT molecular complexity index is 2080. The molecule has 0 aliphatic rings. The Hall–Kier alpha value is -6.71. The average Bonchev–Trinajstić information content (AvgIpc) is 3.16. The summed E-state index contributed by atoms with van der Waals surface area (Å²) in [6, 6.07) is 19.4. The molecule has 16 heteroatoms. The number of anilines is 1. The van der Waals surface area contributed by atoms with Crippen molar-refractivity contribution in [2.75, 3.05) is 32.6 Å². The number of nitrogens with one attached hydrogen (secondary N) is 1. The Kier molecular flexibility index (Phi) is 13.6. The van der Waals surface area contributed by atoms with E-state index in [1.807, 2.05) is 0 Å². The maximum atomic E-state index is 13.8. The molecule has 4 rings (SSSR count). The zero-order valence-corrected chi connectivity index (χ0v) is 30.9. The van der Waals surface area contributed by atoms with E-state index in [2.05, 4.69) is 5.32 Å². The smallest absolute Gasteiger partial charge is 0.462 e. The summed E-state index contributed by atoms with van der Waals surface area (Å²) < 4.78 is 65.8. The van der Waals surface area contributed by atoms with Crippen molar-refractivity contribution in [3.63, 3.8) is 0 Å². The van der Waals surface area contributed by atoms with E-state index >= 15 is 0 Å². The fourth-order valence-corrected chi connectivity index (χ4v) is 5.32. The summed E-state index contributed by atoms with van der Waals surface area (Å²) >= 11 is 0. The van der Waals surface area contributed by atoms with Crippen LogP contribution in [0.25, 0.3) is 11.1 Å². The molecule has 4 aromatic carbocycles. The first-order chi connectivity index (χ1) is 26.5. The second kappa shape index (κ2) is 18.1. The van der Waals surface area contributed by atoms with Gasteiger partial charge in [0, 0.05) is 32.1 Å². The third-order valence-corrected chi connectivity index (χ3v) is 7.89. The van der Waals surface area contributed by atoms with Crippen molar-refractivity contribution in [1.82, 2.24) is 4.90 Å². The van der Waals surface area contributed by atoms with Crippen molar-refractivity contribution in [3.8, 4) is 16.9 Å². The first kappa shape index (κ1) is 42.0. The van der Waals surface area contributed by atoms with Crippen LogP contribution < -0.4 is 10.1 Å². The van der Waals surface area contributed by atoms with Gasteiger partial charge in [0.2, 0.25) is 0 Å². The van der Waals surface area contributed by atoms with Crippen molar-refractivity contribution < 1.29 is 65.6 Å². The molecule has 0 aliphatic heterocycles. The number of esters is 3. The molecule has 0 heterocycles. The van der Waals surface area contributed by atoms with Crippen LogP contribution in [0.2, 0.25) is 0 Å². The van der Waals surface area contributed by atoms with Gasteiger partial charge >= 0.3 is 35.8 Å². The quantitative estimate of drug-likeness (QED) is 0.0648. The predicted molar refractivity (Wildman–Crippen MR) is 193 cm³/mol. The highest BCUT2D eigenvalue weighted by Gasteiger charge is 2.55. The third-order valence-electron chi connectivity index (χ3n) is 7.89. The van der Waals surface area contributed by atoms with Crippen LogP contribution in [0.3, 0.4) is 0 Å². The number of carbonyl (C=O) groups excluding carboxylic acids is 6. The minimum absolute atomic E-state index is 0.00942. The van der Waals surface area contributed by atoms with Crippen LogP contribution in [-0.2, 0) is 51.7 Å². The summed E-state index contributed by atoms with van der Waals surface area (Å²) in [5.74, 6) is -4.43. The van der Waals surface area contributed by atoms with Crippen LogP contribution in [-0.4, -0.2) is 68.1 Å². The second-order valence-corrected chi connectivity index (χ2v) is 12.0. The monoisotopic (exact) mass is 778 g/mol. The topological polar surface area (TPSA) is 164 Å². The fraction of sp³-hybridized carbons (Fsp3) is 0.250. The lowest BCUT2D eigenvalue weighted by Gasteiger charge is -2.28. The van der Waals surface area contributed by atoms with Crippen molar-refractivity contribution in [1.29, 1.82) is 0 Å². The summed E-state index contributed by atoms with van der Waals surface area (Å²) in [5, 5.41) is 2.65. The van der Waals surface area contributed by atoms with Crippen molar-refractivity contribution in [2.45, 2.75) is 39.2 Å². The van der Waals surface area contributed by atoms with Gasteiger partial charge in [-0.25, -0.2) is 14.4 Å². The molecule has 0 fully saturated rings. The van der Waals surface area contributed by atoms with Crippen molar-refractivity contribution in [3.05, 3.63) is 119 Å². The number of benzene rings is 4. The van der Waals surface area contributed by atoms with Crippen LogP contribution >= 0.6 is 0 Å². The van der Waals surface area contributed by atoms with Gasteiger partial charge in [-0.3, -0.25) is 14.4 Å². The lowest BCUT2D eigenvalue weighted by Crippen LogP contribution is -2.49. The molecule has 0 radical (unpaired) electrons. The number of ether oxygens (including phenoxy) is 5. The molecule has 0 atom stereocenters. The zero-order valence-electron chi connectivity index (χ0n) is 30.9. The minimum Gasteiger partial charge on any atom is -0.462 e. The van der Waals surface area contributed by atoms with Crippen LogP contribution in [0.15, 0.2) is 91.0 Å². The van der Waals surface area contributed by atoms with Gasteiger partial charge in [-0.05, 0) is 73.0 Å². The number of amides is 2. The number of carbonyl (C=O) groups is 6. The zero-order chi connectivity index (χ0) is 41.2. The van der Waals surface area contributed by atoms with Gasteiger partial charge in [0.05, 0.1) is 30.0 Å². The molecule has 1 N–H and O–H groups in total. The van der Waals surface area contributed by atoms with Gasteiger partial charge in [-0.15, -0.1) is 0 Å². The number of alkyl halides is 3. The Balaban J connectivity index is 1.64. The number of hydrogen-bond donors (Lipinski definition) is 1. The summed E-state index contributed by atoms with van der Waals surface area (Å²) in [7, 11) is 2.91. The van der Waals surface area contributed by atoms with E-state index in [1.54, 1.807) is 6.07 Å². The molecule has 0 aliphatic carbocycles. The van der Waals surface area contributed by atoms with E-state index in [-0.39, 0.29) is 58.0 Å². The van der Waals surface area contributed by atoms with Crippen molar-refractivity contribution in [2.24, 2.45) is 0 Å². The Labute approximate surface area is 319 Å². The number of hydrogen-bond acceptors (Lipinski definition) is 11. The Morgan fingerprint density at radius 1 is 0.714 bits per heavy atom. The lowest BCUT2D eigenvalue weighted by molar-refractivity contribution is -0.188. The highest BCUT2D eigenvalue weighted by Crippen LogP contribution is 2.35. The summed E-state index contributed by atoms with van der Waals surface area (Å²) in [6.07, 6.45) is -6.07. The van der Waals surface area contributed by atoms with E-state index < -0.39 is 59.8 Å². The molecular formula is C40H37F3N2O11. The van der Waals surface area contributed by atoms with E-state index in [4.69, 9.17) is 23.7 Å². The van der Waals surface area contributed by atoms with E-state index in [0.717, 1.165) is 31.2 Å². The molecule has 4 aromatic rings. The summed E-state index contributed by atoms with van der Waals surface area (Å²) in [5.41, 5.74) is -3.18. The van der Waals surface area contributed by atoms with Crippen LogP contribution in [0, 0.1) is 0 Å². The van der Waals surface area contributed by atoms with Gasteiger partial charge in [0.15, 0.2) is 0 Å². The molecule has 0 saturated carbocycles. The van der Waals surface area contributed by atoms with Gasteiger partial charge in [0.25, 0.3) is 11.8 Å². The van der Waals surface area contributed by atoms with Gasteiger partial charge in [-0.1, -0.05) is 48.5 Å². The highest BCUT2D eigenvalue weighted by atomic mass is 19.4. The molecule has 56 heavy (non-hydrogen) atoms. The molecule has 0 bridgehead atoms. The molecular weight excluding hydrogens is 741 g/mol. The summed E-state index contributed by atoms with van der Waals surface area (Å²) in [6.45, 7) is 3.29. The summed E-state index contributed by atoms with van der Waals surface area (Å²) in [4.78, 5) is 79.6. The minimum atomic E-state index is -4.61. The lowest BCUT2D eigenvalue weighted by atomic mass is 9.93. The molecule has 2 amide bonds. The first-order valence-electron chi connectivity index (χ1n) is 16.9. The van der Waals surface area contributed by atoms with E-state index in [9.17, 15) is 41.9 Å². The number of nitrogens with zero attached hydrogens (tertiary/aromatic N) is 1. The van der Waals surface area contributed by atoms with Crippen molar-refractivity contribution >= 4 is 41.6 Å². The molecule has 0 aromatic heterocycles. The molecule has 294 valence electrons. The Morgan fingerprint density at radius 2 is 1.34 bits per heavy atom. The highest BCUT2D eigenvalue weighted by molar-refractivity contribution is 6.12. The van der Waals surface area contributed by atoms with E-state index in [1.165, 1.54) is 93.5 Å². The number of halogens is 3. The maximum absolute atomic E-state index is 13.8. The van der Waals surface area contributed by atoms with Gasteiger partial charge in [0.1, 0.15) is 12.4 Å². The van der Waals surface area contributed by atoms with Crippen LogP contribution in [0.5, 0.6) is 5.75 Å². The largest absolute Gasteiger partial charge is 0.510 e. The normalized spacial score (nSPS) is 11.1. The molecule has 0 saturated heterocycles. The van der Waals surface area contributed by atoms with E-state index in [0.29, 0.717) is 0 Å². The number of rotatable bonds is 13. The van der Waals surface area contributed by atoms with Gasteiger partial charge in [-0.2, -0.15) is 13.2 Å².